The van der Waals surface area contributed by atoms with Crippen LogP contribution in [0.15, 0.2) is 18.2 Å². The lowest BCUT2D eigenvalue weighted by Gasteiger charge is -2.37. The van der Waals surface area contributed by atoms with E-state index in [1.54, 1.807) is 0 Å². The van der Waals surface area contributed by atoms with Crippen LogP contribution in [0.5, 0.6) is 5.75 Å². The molecule has 1 atom stereocenters. The molecular formula is C15H20O4. The molecule has 1 aliphatic rings. The van der Waals surface area contributed by atoms with Crippen LogP contribution < -0.4 is 0 Å². The van der Waals surface area contributed by atoms with Gasteiger partial charge in [-0.15, -0.1) is 0 Å². The molecule has 0 amide bonds. The molecule has 1 saturated carbocycles. The number of hydrogen-bond acceptors (Lipinski definition) is 4. The molecule has 0 radical (unpaired) electrons. The number of rotatable bonds is 2. The van der Waals surface area contributed by atoms with E-state index < -0.39 is 11.6 Å². The summed E-state index contributed by atoms with van der Waals surface area (Å²) in [5.74, 6) is -0.453. The van der Waals surface area contributed by atoms with Crippen molar-refractivity contribution in [3.8, 4) is 5.75 Å². The lowest BCUT2D eigenvalue weighted by molar-refractivity contribution is -0.0501. The SMILES string of the molecule is COC(=O)c1ccc(O)c(C2(O)CCCC2(C)C)c1. The third-order valence-corrected chi connectivity index (χ3v) is 4.32. The number of benzene rings is 1. The number of esters is 1. The van der Waals surface area contributed by atoms with Crippen molar-refractivity contribution in [2.24, 2.45) is 5.41 Å². The van der Waals surface area contributed by atoms with Gasteiger partial charge >= 0.3 is 5.97 Å². The number of methoxy groups -OCH3 is 1. The van der Waals surface area contributed by atoms with E-state index in [1.165, 1.54) is 25.3 Å². The number of carbonyl (C=O) groups excluding carboxylic acids is 1. The number of aromatic hydroxyl groups is 1. The molecular weight excluding hydrogens is 244 g/mol. The van der Waals surface area contributed by atoms with Gasteiger partial charge in [0, 0.05) is 5.56 Å². The minimum absolute atomic E-state index is 0.0186. The molecule has 1 aliphatic carbocycles. The van der Waals surface area contributed by atoms with Crippen molar-refractivity contribution >= 4 is 5.97 Å². The molecule has 19 heavy (non-hydrogen) atoms. The van der Waals surface area contributed by atoms with Gasteiger partial charge in [0.25, 0.3) is 0 Å². The Labute approximate surface area is 113 Å². The van der Waals surface area contributed by atoms with E-state index in [-0.39, 0.29) is 11.2 Å². The van der Waals surface area contributed by atoms with E-state index >= 15 is 0 Å². The van der Waals surface area contributed by atoms with Crippen molar-refractivity contribution in [2.45, 2.75) is 38.7 Å². The molecule has 0 saturated heterocycles. The van der Waals surface area contributed by atoms with Gasteiger partial charge in [-0.1, -0.05) is 13.8 Å². The summed E-state index contributed by atoms with van der Waals surface area (Å²) in [5.41, 5.74) is -0.690. The number of hydrogen-bond donors (Lipinski definition) is 2. The van der Waals surface area contributed by atoms with Gasteiger partial charge in [0.1, 0.15) is 5.75 Å². The zero-order valence-corrected chi connectivity index (χ0v) is 11.6. The predicted molar refractivity (Wildman–Crippen MR) is 71.0 cm³/mol. The first-order valence-corrected chi connectivity index (χ1v) is 6.46. The molecule has 1 fully saturated rings. The molecule has 4 nitrogen and oxygen atoms in total. The molecule has 0 spiro atoms. The molecule has 2 N–H and O–H groups in total. The average molecular weight is 264 g/mol. The maximum atomic E-state index is 11.6. The lowest BCUT2D eigenvalue weighted by Crippen LogP contribution is -2.37. The van der Waals surface area contributed by atoms with Gasteiger partial charge in [0.2, 0.25) is 0 Å². The first-order valence-electron chi connectivity index (χ1n) is 6.46. The first-order chi connectivity index (χ1) is 8.82. The summed E-state index contributed by atoms with van der Waals surface area (Å²) in [5, 5.41) is 21.0. The summed E-state index contributed by atoms with van der Waals surface area (Å²) in [6, 6.07) is 4.47. The summed E-state index contributed by atoms with van der Waals surface area (Å²) in [7, 11) is 1.31. The van der Waals surface area contributed by atoms with Gasteiger partial charge in [0.15, 0.2) is 0 Å². The highest BCUT2D eigenvalue weighted by atomic mass is 16.5. The highest BCUT2D eigenvalue weighted by Crippen LogP contribution is 2.54. The number of phenols is 1. The fraction of sp³-hybridized carbons (Fsp3) is 0.533. The molecule has 4 heteroatoms. The summed E-state index contributed by atoms with van der Waals surface area (Å²) < 4.78 is 4.68. The van der Waals surface area contributed by atoms with Crippen molar-refractivity contribution in [1.82, 2.24) is 0 Å². The van der Waals surface area contributed by atoms with E-state index in [2.05, 4.69) is 4.74 Å². The molecule has 2 rings (SSSR count). The molecule has 0 aromatic heterocycles. The average Bonchev–Trinajstić information content (AvgIpc) is 2.64. The predicted octanol–water partition coefficient (Wildman–Crippen LogP) is 2.58. The fourth-order valence-electron chi connectivity index (χ4n) is 2.94. The van der Waals surface area contributed by atoms with Crippen LogP contribution in [-0.4, -0.2) is 23.3 Å². The van der Waals surface area contributed by atoms with Crippen LogP contribution in [0, 0.1) is 5.41 Å². The van der Waals surface area contributed by atoms with Gasteiger partial charge in [-0.2, -0.15) is 0 Å². The second kappa shape index (κ2) is 4.53. The third-order valence-electron chi connectivity index (χ3n) is 4.32. The zero-order chi connectivity index (χ0) is 14.3. The summed E-state index contributed by atoms with van der Waals surface area (Å²) in [4.78, 5) is 11.6. The van der Waals surface area contributed by atoms with Crippen LogP contribution >= 0.6 is 0 Å². The van der Waals surface area contributed by atoms with E-state index in [1.807, 2.05) is 13.8 Å². The number of aliphatic hydroxyl groups is 1. The molecule has 0 aliphatic heterocycles. The maximum Gasteiger partial charge on any atom is 0.337 e. The fourth-order valence-corrected chi connectivity index (χ4v) is 2.94. The molecule has 1 aromatic rings. The van der Waals surface area contributed by atoms with Gasteiger partial charge < -0.3 is 14.9 Å². The Morgan fingerprint density at radius 1 is 1.32 bits per heavy atom. The Hall–Kier alpha value is -1.55. The van der Waals surface area contributed by atoms with Crippen molar-refractivity contribution in [3.05, 3.63) is 29.3 Å². The Morgan fingerprint density at radius 2 is 2.00 bits per heavy atom. The van der Waals surface area contributed by atoms with Crippen LogP contribution in [-0.2, 0) is 10.3 Å². The monoisotopic (exact) mass is 264 g/mol. The second-order valence-corrected chi connectivity index (χ2v) is 5.82. The van der Waals surface area contributed by atoms with Crippen molar-refractivity contribution in [1.29, 1.82) is 0 Å². The van der Waals surface area contributed by atoms with E-state index in [4.69, 9.17) is 0 Å². The lowest BCUT2D eigenvalue weighted by atomic mass is 9.73. The van der Waals surface area contributed by atoms with Crippen LogP contribution in [0.1, 0.15) is 49.0 Å². The van der Waals surface area contributed by atoms with E-state index in [0.29, 0.717) is 17.5 Å². The molecule has 0 bridgehead atoms. The second-order valence-electron chi connectivity index (χ2n) is 5.82. The largest absolute Gasteiger partial charge is 0.508 e. The molecule has 1 aromatic carbocycles. The first kappa shape index (κ1) is 13.9. The van der Waals surface area contributed by atoms with Gasteiger partial charge in [-0.25, -0.2) is 4.79 Å². The Kier molecular flexibility index (Phi) is 3.31. The quantitative estimate of drug-likeness (QED) is 0.806. The summed E-state index contributed by atoms with van der Waals surface area (Å²) >= 11 is 0. The standard InChI is InChI=1S/C15H20O4/c1-14(2)7-4-8-15(14,18)11-9-10(13(17)19-3)5-6-12(11)16/h5-6,9,16,18H,4,7-8H2,1-3H3. The zero-order valence-electron chi connectivity index (χ0n) is 11.6. The van der Waals surface area contributed by atoms with Crippen LogP contribution in [0.2, 0.25) is 0 Å². The minimum atomic E-state index is -1.11. The highest BCUT2D eigenvalue weighted by molar-refractivity contribution is 5.89. The Morgan fingerprint density at radius 3 is 2.53 bits per heavy atom. The normalized spacial score (nSPS) is 25.3. The highest BCUT2D eigenvalue weighted by Gasteiger charge is 2.50. The molecule has 1 unspecified atom stereocenters. The van der Waals surface area contributed by atoms with Gasteiger partial charge in [-0.3, -0.25) is 0 Å². The van der Waals surface area contributed by atoms with Crippen molar-refractivity contribution in [2.75, 3.05) is 7.11 Å². The maximum absolute atomic E-state index is 11.6. The Balaban J connectivity index is 2.53. The molecule has 104 valence electrons. The van der Waals surface area contributed by atoms with Gasteiger partial charge in [0.05, 0.1) is 18.3 Å². The number of phenolic OH excluding ortho intramolecular Hbond substituents is 1. The minimum Gasteiger partial charge on any atom is -0.508 e. The molecule has 0 heterocycles. The van der Waals surface area contributed by atoms with Crippen LogP contribution in [0.4, 0.5) is 0 Å². The number of ether oxygens (including phenoxy) is 1. The van der Waals surface area contributed by atoms with E-state index in [9.17, 15) is 15.0 Å². The van der Waals surface area contributed by atoms with Crippen molar-refractivity contribution in [3.63, 3.8) is 0 Å². The smallest absolute Gasteiger partial charge is 0.337 e. The summed E-state index contributed by atoms with van der Waals surface area (Å²) in [6.45, 7) is 3.95. The van der Waals surface area contributed by atoms with Crippen molar-refractivity contribution < 1.29 is 19.7 Å². The van der Waals surface area contributed by atoms with Crippen LogP contribution in [0.3, 0.4) is 0 Å². The number of carbonyl (C=O) groups is 1. The Bertz CT molecular complexity index is 507. The van der Waals surface area contributed by atoms with E-state index in [0.717, 1.165) is 12.8 Å². The summed E-state index contributed by atoms with van der Waals surface area (Å²) in [6.07, 6.45) is 2.36. The third kappa shape index (κ3) is 2.10. The van der Waals surface area contributed by atoms with Gasteiger partial charge in [-0.05, 0) is 42.9 Å². The van der Waals surface area contributed by atoms with Crippen LogP contribution in [0.25, 0.3) is 0 Å². The topological polar surface area (TPSA) is 66.8 Å².